The van der Waals surface area contributed by atoms with E-state index in [4.69, 9.17) is 10.5 Å². The molecule has 2 aromatic carbocycles. The van der Waals surface area contributed by atoms with E-state index in [1.807, 2.05) is 12.1 Å². The lowest BCUT2D eigenvalue weighted by atomic mass is 10.0. The lowest BCUT2D eigenvalue weighted by molar-refractivity contribution is 0.0332. The van der Waals surface area contributed by atoms with Crippen LogP contribution in [0.4, 0.5) is 11.5 Å². The third kappa shape index (κ3) is 3.97. The van der Waals surface area contributed by atoms with Crippen molar-refractivity contribution in [3.63, 3.8) is 0 Å². The molecule has 0 aliphatic carbocycles. The van der Waals surface area contributed by atoms with E-state index >= 15 is 0 Å². The molecule has 2 aromatic heterocycles. The van der Waals surface area contributed by atoms with Crippen LogP contribution in [0.1, 0.15) is 21.7 Å². The first-order valence-corrected chi connectivity index (χ1v) is 10.5. The summed E-state index contributed by atoms with van der Waals surface area (Å²) in [6.07, 6.45) is 0. The summed E-state index contributed by atoms with van der Waals surface area (Å²) in [6, 6.07) is 8.88. The molecule has 174 valence electrons. The number of anilines is 1. The zero-order valence-corrected chi connectivity index (χ0v) is 18.2. The molecule has 0 atom stereocenters. The first-order chi connectivity index (χ1) is 16.5. The van der Waals surface area contributed by atoms with E-state index in [0.29, 0.717) is 60.6 Å². The van der Waals surface area contributed by atoms with Gasteiger partial charge in [0.25, 0.3) is 0 Å². The van der Waals surface area contributed by atoms with Crippen LogP contribution in [0.3, 0.4) is 0 Å². The molecule has 0 radical (unpaired) electrons. The highest BCUT2D eigenvalue weighted by molar-refractivity contribution is 5.98. The van der Waals surface area contributed by atoms with Gasteiger partial charge in [0.2, 0.25) is 11.6 Å². The number of hydrogen-bond donors (Lipinski definition) is 2. The number of rotatable bonds is 5. The molecule has 0 spiro atoms. The van der Waals surface area contributed by atoms with Crippen molar-refractivity contribution >= 4 is 28.2 Å². The second-order valence-electron chi connectivity index (χ2n) is 7.77. The molecule has 5 rings (SSSR count). The van der Waals surface area contributed by atoms with Crippen LogP contribution < -0.4 is 5.73 Å². The van der Waals surface area contributed by atoms with Gasteiger partial charge in [-0.1, -0.05) is 29.5 Å². The Hall–Kier alpha value is -4.23. The summed E-state index contributed by atoms with van der Waals surface area (Å²) in [7, 11) is 0. The minimum Gasteiger partial charge on any atom is -0.507 e. The van der Waals surface area contributed by atoms with Crippen molar-refractivity contribution in [3.8, 4) is 11.6 Å². The number of carbonyl (C=O) groups is 1. The number of azo groups is 1. The number of morpholine rings is 1. The molecule has 34 heavy (non-hydrogen) atoms. The Labute approximate surface area is 192 Å². The van der Waals surface area contributed by atoms with Crippen LogP contribution in [0, 0.1) is 6.92 Å². The van der Waals surface area contributed by atoms with Gasteiger partial charge in [0, 0.05) is 30.4 Å². The standard InChI is InChI=1S/C21H21N9O4/c1-12-10-15(13-4-2-3-5-14(13)18(12)31)23-25-21(32)17-16(11-29-6-8-33-9-7-29)30(28-24-17)20-19(22)26-34-27-20/h2-5,10,31H,6-9,11H2,1H3,(H2,22,26). The Balaban J connectivity index is 1.51. The lowest BCUT2D eigenvalue weighted by Gasteiger charge is -2.26. The Morgan fingerprint density at radius 3 is 2.71 bits per heavy atom. The van der Waals surface area contributed by atoms with Crippen molar-refractivity contribution in [2.75, 3.05) is 32.0 Å². The van der Waals surface area contributed by atoms with Gasteiger partial charge in [-0.25, -0.2) is 4.63 Å². The minimum atomic E-state index is -0.681. The average Bonchev–Trinajstić information content (AvgIpc) is 3.46. The van der Waals surface area contributed by atoms with Crippen LogP contribution >= 0.6 is 0 Å². The molecule has 0 bridgehead atoms. The highest BCUT2D eigenvalue weighted by atomic mass is 16.6. The number of nitrogen functional groups attached to an aromatic ring is 1. The van der Waals surface area contributed by atoms with Gasteiger partial charge in [0.15, 0.2) is 5.69 Å². The van der Waals surface area contributed by atoms with Crippen LogP contribution in [0.5, 0.6) is 5.75 Å². The molecule has 1 aliphatic heterocycles. The predicted octanol–water partition coefficient (Wildman–Crippen LogP) is 2.16. The Morgan fingerprint density at radius 1 is 1.21 bits per heavy atom. The zero-order valence-electron chi connectivity index (χ0n) is 18.2. The number of aromatic hydroxyl groups is 1. The number of amides is 1. The molecule has 1 aliphatic rings. The van der Waals surface area contributed by atoms with E-state index in [-0.39, 0.29) is 23.1 Å². The van der Waals surface area contributed by atoms with Crippen LogP contribution in [-0.2, 0) is 11.3 Å². The maximum Gasteiger partial charge on any atom is 0.317 e. The summed E-state index contributed by atoms with van der Waals surface area (Å²) in [5, 5.41) is 35.1. The van der Waals surface area contributed by atoms with Gasteiger partial charge in [-0.3, -0.25) is 9.69 Å². The van der Waals surface area contributed by atoms with Crippen LogP contribution in [-0.4, -0.2) is 67.5 Å². The Bertz CT molecular complexity index is 1390. The number of phenols is 1. The number of phenolic OH excluding ortho intramolecular Hbond substituents is 1. The lowest BCUT2D eigenvalue weighted by Crippen LogP contribution is -2.36. The van der Waals surface area contributed by atoms with Crippen molar-refractivity contribution in [1.29, 1.82) is 0 Å². The molecule has 13 nitrogen and oxygen atoms in total. The molecule has 0 saturated carbocycles. The SMILES string of the molecule is Cc1cc(N=NC(=O)c2nnn(-c3nonc3N)c2CN2CCOCC2)c2ccccc2c1O. The molecular formula is C21H21N9O4. The predicted molar refractivity (Wildman–Crippen MR) is 119 cm³/mol. The van der Waals surface area contributed by atoms with E-state index in [2.05, 4.69) is 40.4 Å². The summed E-state index contributed by atoms with van der Waals surface area (Å²) >= 11 is 0. The topological polar surface area (TPSA) is 170 Å². The number of hydrogen-bond acceptors (Lipinski definition) is 11. The van der Waals surface area contributed by atoms with E-state index < -0.39 is 5.91 Å². The zero-order chi connectivity index (χ0) is 23.7. The van der Waals surface area contributed by atoms with E-state index in [9.17, 15) is 9.90 Å². The minimum absolute atomic E-state index is 0.0115. The molecule has 0 unspecified atom stereocenters. The first kappa shape index (κ1) is 21.6. The maximum atomic E-state index is 13.1. The molecule has 3 N–H and O–H groups in total. The molecular weight excluding hydrogens is 442 g/mol. The average molecular weight is 463 g/mol. The van der Waals surface area contributed by atoms with E-state index in [1.165, 1.54) is 4.68 Å². The fraction of sp³-hybridized carbons (Fsp3) is 0.286. The van der Waals surface area contributed by atoms with Gasteiger partial charge in [-0.15, -0.1) is 15.3 Å². The monoisotopic (exact) mass is 463 g/mol. The van der Waals surface area contributed by atoms with Crippen molar-refractivity contribution < 1.29 is 19.3 Å². The van der Waals surface area contributed by atoms with Gasteiger partial charge < -0.3 is 15.6 Å². The van der Waals surface area contributed by atoms with Crippen LogP contribution in [0.25, 0.3) is 16.6 Å². The smallest absolute Gasteiger partial charge is 0.317 e. The van der Waals surface area contributed by atoms with Gasteiger partial charge in [-0.05, 0) is 28.9 Å². The van der Waals surface area contributed by atoms with Crippen molar-refractivity contribution in [1.82, 2.24) is 30.2 Å². The molecule has 13 heteroatoms. The van der Waals surface area contributed by atoms with Gasteiger partial charge >= 0.3 is 5.91 Å². The number of aryl methyl sites for hydroxylation is 1. The largest absolute Gasteiger partial charge is 0.507 e. The Kier molecular flexibility index (Phi) is 5.69. The van der Waals surface area contributed by atoms with Gasteiger partial charge in [0.05, 0.1) is 24.6 Å². The van der Waals surface area contributed by atoms with Crippen molar-refractivity contribution in [3.05, 3.63) is 47.3 Å². The fourth-order valence-corrected chi connectivity index (χ4v) is 3.79. The molecule has 1 fully saturated rings. The number of ether oxygens (including phenoxy) is 1. The second-order valence-corrected chi connectivity index (χ2v) is 7.77. The third-order valence-corrected chi connectivity index (χ3v) is 5.57. The van der Waals surface area contributed by atoms with Crippen LogP contribution in [0.2, 0.25) is 0 Å². The third-order valence-electron chi connectivity index (χ3n) is 5.57. The van der Waals surface area contributed by atoms with Crippen molar-refractivity contribution in [2.24, 2.45) is 10.2 Å². The summed E-state index contributed by atoms with van der Waals surface area (Å²) in [5.74, 6) is -0.374. The van der Waals surface area contributed by atoms with E-state index in [1.54, 1.807) is 25.1 Å². The van der Waals surface area contributed by atoms with Gasteiger partial charge in [-0.2, -0.15) is 4.68 Å². The van der Waals surface area contributed by atoms with Gasteiger partial charge in [0.1, 0.15) is 5.75 Å². The number of benzene rings is 2. The number of nitrogens with two attached hydrogens (primary N) is 1. The van der Waals surface area contributed by atoms with Crippen LogP contribution in [0.15, 0.2) is 45.2 Å². The van der Waals surface area contributed by atoms with E-state index in [0.717, 1.165) is 0 Å². The maximum absolute atomic E-state index is 13.1. The first-order valence-electron chi connectivity index (χ1n) is 10.5. The fourth-order valence-electron chi connectivity index (χ4n) is 3.79. The molecule has 1 amide bonds. The van der Waals surface area contributed by atoms with Crippen molar-refractivity contribution in [2.45, 2.75) is 13.5 Å². The highest BCUT2D eigenvalue weighted by Crippen LogP contribution is 2.35. The molecule has 3 heterocycles. The Morgan fingerprint density at radius 2 is 1.97 bits per heavy atom. The normalized spacial score (nSPS) is 14.9. The quantitative estimate of drug-likeness (QED) is 0.418. The summed E-state index contributed by atoms with van der Waals surface area (Å²) < 4.78 is 11.4. The second kappa shape index (κ2) is 8.96. The highest BCUT2D eigenvalue weighted by Gasteiger charge is 2.26. The number of carbonyl (C=O) groups excluding carboxylic acids is 1. The molecule has 4 aromatic rings. The molecule has 1 saturated heterocycles. The summed E-state index contributed by atoms with van der Waals surface area (Å²) in [4.78, 5) is 15.2. The number of fused-ring (bicyclic) bond motifs is 1. The summed E-state index contributed by atoms with van der Waals surface area (Å²) in [6.45, 7) is 4.58. The number of nitrogens with zero attached hydrogens (tertiary/aromatic N) is 8. The summed E-state index contributed by atoms with van der Waals surface area (Å²) in [5.41, 5.74) is 7.35. The number of aromatic nitrogens is 5.